The molecule has 1 amide bonds. The Labute approximate surface area is 90.4 Å². The van der Waals surface area contributed by atoms with E-state index in [1.807, 2.05) is 0 Å². The van der Waals surface area contributed by atoms with E-state index in [9.17, 15) is 4.79 Å². The first-order valence-electron chi connectivity index (χ1n) is 4.30. The lowest BCUT2D eigenvalue weighted by atomic mass is 10.2. The van der Waals surface area contributed by atoms with Crippen LogP contribution in [-0.4, -0.2) is 24.2 Å². The minimum atomic E-state index is -0.248. The Balaban J connectivity index is 2.56. The number of halogens is 1. The summed E-state index contributed by atoms with van der Waals surface area (Å²) in [4.78, 5) is 11.4. The maximum absolute atomic E-state index is 11.4. The monoisotopic (exact) mass is 261 g/mol. The third kappa shape index (κ3) is 2.85. The van der Waals surface area contributed by atoms with Crippen LogP contribution in [-0.2, 0) is 0 Å². The molecule has 78 valence electrons. The highest BCUT2D eigenvalue weighted by Crippen LogP contribution is 2.19. The van der Waals surface area contributed by atoms with Crippen molar-refractivity contribution in [3.05, 3.63) is 22.1 Å². The number of aliphatic hydroxyl groups is 1. The van der Waals surface area contributed by atoms with Crippen LogP contribution in [0, 0.1) is 6.92 Å². The Bertz CT molecular complexity index is 322. The van der Waals surface area contributed by atoms with E-state index in [-0.39, 0.29) is 12.5 Å². The maximum atomic E-state index is 11.4. The highest BCUT2D eigenvalue weighted by Gasteiger charge is 2.13. The van der Waals surface area contributed by atoms with E-state index >= 15 is 0 Å². The number of aliphatic hydroxyl groups excluding tert-OH is 1. The summed E-state index contributed by atoms with van der Waals surface area (Å²) in [5.74, 6) is 0.0662. The summed E-state index contributed by atoms with van der Waals surface area (Å²) in [6, 6.07) is 1.74. The molecule has 0 aliphatic heterocycles. The van der Waals surface area contributed by atoms with Crippen molar-refractivity contribution in [2.45, 2.75) is 13.3 Å². The molecule has 0 bridgehead atoms. The number of nitrogens with one attached hydrogen (secondary N) is 1. The van der Waals surface area contributed by atoms with Gasteiger partial charge in [-0.1, -0.05) is 0 Å². The summed E-state index contributed by atoms with van der Waals surface area (Å²) in [6.45, 7) is 2.32. The van der Waals surface area contributed by atoms with Crippen LogP contribution >= 0.6 is 15.9 Å². The van der Waals surface area contributed by atoms with E-state index in [1.165, 1.54) is 0 Å². The molecule has 0 atom stereocenters. The van der Waals surface area contributed by atoms with Gasteiger partial charge in [0.05, 0.1) is 0 Å². The molecule has 4 nitrogen and oxygen atoms in total. The van der Waals surface area contributed by atoms with Crippen molar-refractivity contribution in [3.8, 4) is 0 Å². The van der Waals surface area contributed by atoms with Gasteiger partial charge in [-0.2, -0.15) is 0 Å². The molecule has 5 heteroatoms. The number of hydrogen-bond acceptors (Lipinski definition) is 3. The minimum Gasteiger partial charge on any atom is -0.444 e. The van der Waals surface area contributed by atoms with Gasteiger partial charge in [0.25, 0.3) is 5.91 Å². The van der Waals surface area contributed by atoms with Crippen molar-refractivity contribution < 1.29 is 14.3 Å². The van der Waals surface area contributed by atoms with Gasteiger partial charge in [0, 0.05) is 18.7 Å². The predicted octanol–water partition coefficient (Wildman–Crippen LogP) is 1.46. The van der Waals surface area contributed by atoms with Crippen LogP contribution in [0.4, 0.5) is 0 Å². The lowest BCUT2D eigenvalue weighted by Gasteiger charge is -2.01. The van der Waals surface area contributed by atoms with E-state index in [2.05, 4.69) is 21.2 Å². The van der Waals surface area contributed by atoms with Crippen LogP contribution in [0.3, 0.4) is 0 Å². The second kappa shape index (κ2) is 5.17. The second-order valence-electron chi connectivity index (χ2n) is 2.90. The number of amides is 1. The lowest BCUT2D eigenvalue weighted by molar-refractivity contribution is 0.0921. The fourth-order valence-corrected chi connectivity index (χ4v) is 1.54. The van der Waals surface area contributed by atoms with Gasteiger partial charge in [-0.3, -0.25) is 4.79 Å². The number of furan rings is 1. The average molecular weight is 262 g/mol. The number of hydrogen-bond donors (Lipinski definition) is 2. The topological polar surface area (TPSA) is 62.5 Å². The van der Waals surface area contributed by atoms with Gasteiger partial charge in [0.1, 0.15) is 0 Å². The van der Waals surface area contributed by atoms with Gasteiger partial charge in [-0.15, -0.1) is 0 Å². The van der Waals surface area contributed by atoms with E-state index in [4.69, 9.17) is 9.52 Å². The van der Waals surface area contributed by atoms with Crippen LogP contribution < -0.4 is 5.32 Å². The lowest BCUT2D eigenvalue weighted by Crippen LogP contribution is -2.25. The molecule has 2 N–H and O–H groups in total. The molecule has 0 aromatic carbocycles. The molecule has 1 aromatic rings. The Kier molecular flexibility index (Phi) is 4.16. The number of carbonyl (C=O) groups is 1. The molecule has 0 spiro atoms. The molecular weight excluding hydrogens is 250 g/mol. The predicted molar refractivity (Wildman–Crippen MR) is 55.2 cm³/mol. The zero-order chi connectivity index (χ0) is 10.6. The standard InChI is InChI=1S/C9H12BrNO3/c1-6-5-7(10)14-8(6)9(13)11-3-2-4-12/h5,12H,2-4H2,1H3,(H,11,13). The summed E-state index contributed by atoms with van der Waals surface area (Å²) in [5.41, 5.74) is 0.790. The van der Waals surface area contributed by atoms with E-state index in [0.29, 0.717) is 23.4 Å². The summed E-state index contributed by atoms with van der Waals surface area (Å²) < 4.78 is 5.69. The molecule has 1 rings (SSSR count). The summed E-state index contributed by atoms with van der Waals surface area (Å²) in [6.07, 6.45) is 0.548. The first-order valence-corrected chi connectivity index (χ1v) is 5.09. The Hall–Kier alpha value is -0.810. The number of carbonyl (C=O) groups excluding carboxylic acids is 1. The van der Waals surface area contributed by atoms with Gasteiger partial charge in [0.2, 0.25) is 0 Å². The zero-order valence-electron chi connectivity index (χ0n) is 7.84. The fraction of sp³-hybridized carbons (Fsp3) is 0.444. The van der Waals surface area contributed by atoms with Crippen molar-refractivity contribution in [1.82, 2.24) is 5.32 Å². The molecule has 0 saturated heterocycles. The summed E-state index contributed by atoms with van der Waals surface area (Å²) in [7, 11) is 0. The molecule has 0 fully saturated rings. The van der Waals surface area contributed by atoms with Crippen LogP contribution in [0.25, 0.3) is 0 Å². The van der Waals surface area contributed by atoms with Crippen molar-refractivity contribution in [3.63, 3.8) is 0 Å². The summed E-state index contributed by atoms with van der Waals surface area (Å²) in [5, 5.41) is 11.2. The highest BCUT2D eigenvalue weighted by molar-refractivity contribution is 9.10. The normalized spacial score (nSPS) is 10.2. The molecule has 1 heterocycles. The third-order valence-corrected chi connectivity index (χ3v) is 2.11. The first kappa shape index (κ1) is 11.3. The molecule has 1 aromatic heterocycles. The molecule has 0 saturated carbocycles. The van der Waals surface area contributed by atoms with Crippen LogP contribution in [0.5, 0.6) is 0 Å². The van der Waals surface area contributed by atoms with Crippen molar-refractivity contribution in [2.75, 3.05) is 13.2 Å². The number of aryl methyl sites for hydroxylation is 1. The molecule has 0 unspecified atom stereocenters. The van der Waals surface area contributed by atoms with Gasteiger partial charge < -0.3 is 14.8 Å². The van der Waals surface area contributed by atoms with E-state index < -0.39 is 0 Å². The third-order valence-electron chi connectivity index (χ3n) is 1.71. The largest absolute Gasteiger partial charge is 0.444 e. The number of rotatable bonds is 4. The fourth-order valence-electron chi connectivity index (χ4n) is 1.03. The minimum absolute atomic E-state index is 0.0705. The smallest absolute Gasteiger partial charge is 0.287 e. The van der Waals surface area contributed by atoms with Crippen LogP contribution in [0.1, 0.15) is 22.5 Å². The Morgan fingerprint density at radius 3 is 2.93 bits per heavy atom. The van der Waals surface area contributed by atoms with E-state index in [1.54, 1.807) is 13.0 Å². The van der Waals surface area contributed by atoms with Crippen molar-refractivity contribution in [2.24, 2.45) is 0 Å². The van der Waals surface area contributed by atoms with Crippen LogP contribution in [0.2, 0.25) is 0 Å². The quantitative estimate of drug-likeness (QED) is 0.807. The van der Waals surface area contributed by atoms with Crippen LogP contribution in [0.15, 0.2) is 15.2 Å². The molecular formula is C9H12BrNO3. The Morgan fingerprint density at radius 2 is 2.43 bits per heavy atom. The van der Waals surface area contributed by atoms with Gasteiger partial charge in [0.15, 0.2) is 10.4 Å². The van der Waals surface area contributed by atoms with Gasteiger partial charge in [-0.25, -0.2) is 0 Å². The molecule has 0 aliphatic carbocycles. The van der Waals surface area contributed by atoms with E-state index in [0.717, 1.165) is 5.56 Å². The van der Waals surface area contributed by atoms with Crippen molar-refractivity contribution in [1.29, 1.82) is 0 Å². The Morgan fingerprint density at radius 1 is 1.71 bits per heavy atom. The average Bonchev–Trinajstić information content (AvgIpc) is 2.45. The molecule has 0 radical (unpaired) electrons. The summed E-state index contributed by atoms with van der Waals surface area (Å²) >= 11 is 3.15. The van der Waals surface area contributed by atoms with Gasteiger partial charge in [-0.05, 0) is 35.3 Å². The second-order valence-corrected chi connectivity index (χ2v) is 3.68. The molecule has 14 heavy (non-hydrogen) atoms. The first-order chi connectivity index (χ1) is 6.65. The SMILES string of the molecule is Cc1cc(Br)oc1C(=O)NCCCO. The zero-order valence-corrected chi connectivity index (χ0v) is 9.43. The highest BCUT2D eigenvalue weighted by atomic mass is 79.9. The molecule has 0 aliphatic rings. The van der Waals surface area contributed by atoms with Crippen molar-refractivity contribution >= 4 is 21.8 Å². The maximum Gasteiger partial charge on any atom is 0.287 e. The van der Waals surface area contributed by atoms with Gasteiger partial charge >= 0.3 is 0 Å².